The molecule has 0 aromatic heterocycles. The van der Waals surface area contributed by atoms with Gasteiger partial charge in [0.1, 0.15) is 0 Å². The Bertz CT molecular complexity index is 1620. The lowest BCUT2D eigenvalue weighted by atomic mass is 9.45. The summed E-state index contributed by atoms with van der Waals surface area (Å²) in [4.78, 5) is 5.96. The van der Waals surface area contributed by atoms with Crippen LogP contribution in [0.4, 0.5) is 0 Å². The number of hydrogen-bond donors (Lipinski definition) is 0. The minimum absolute atomic E-state index is 0.250. The van der Waals surface area contributed by atoms with E-state index in [1.54, 1.807) is 11.1 Å². The second kappa shape index (κ2) is 15.6. The Kier molecular flexibility index (Phi) is 10.8. The van der Waals surface area contributed by atoms with Crippen LogP contribution in [-0.4, -0.2) is 24.0 Å². The highest BCUT2D eigenvalue weighted by molar-refractivity contribution is 6.04. The van der Waals surface area contributed by atoms with Gasteiger partial charge in [0.05, 0.1) is 18.2 Å². The van der Waals surface area contributed by atoms with Gasteiger partial charge in [-0.05, 0) is 162 Å². The number of dihydropyridines is 1. The van der Waals surface area contributed by atoms with Crippen molar-refractivity contribution in [2.75, 3.05) is 0 Å². The molecular weight excluding hydrogens is 655 g/mol. The predicted molar refractivity (Wildman–Crippen MR) is 227 cm³/mol. The average molecular weight is 728 g/mol. The van der Waals surface area contributed by atoms with Gasteiger partial charge in [-0.25, -0.2) is 0 Å². The molecular formula is C52H73NO. The molecule has 9 rings (SSSR count). The molecule has 1 saturated heterocycles. The van der Waals surface area contributed by atoms with Crippen LogP contribution in [0.2, 0.25) is 0 Å². The highest BCUT2D eigenvalue weighted by Gasteiger charge is 2.61. The zero-order chi connectivity index (χ0) is 36.9. The molecule has 2 heterocycles. The van der Waals surface area contributed by atoms with Crippen molar-refractivity contribution in [3.05, 3.63) is 83.6 Å². The molecule has 0 N–H and O–H groups in total. The van der Waals surface area contributed by atoms with Crippen molar-refractivity contribution in [2.45, 2.75) is 168 Å². The summed E-state index contributed by atoms with van der Waals surface area (Å²) in [6.07, 6.45) is 53.1. The summed E-state index contributed by atoms with van der Waals surface area (Å²) in [6, 6.07) is 0.405. The van der Waals surface area contributed by atoms with Crippen molar-refractivity contribution in [3.63, 3.8) is 0 Å². The van der Waals surface area contributed by atoms with Crippen LogP contribution >= 0.6 is 0 Å². The lowest BCUT2D eigenvalue weighted by Crippen LogP contribution is -2.61. The molecule has 3 fully saturated rings. The van der Waals surface area contributed by atoms with E-state index in [9.17, 15) is 0 Å². The van der Waals surface area contributed by atoms with E-state index in [4.69, 9.17) is 9.73 Å². The Morgan fingerprint density at radius 3 is 2.43 bits per heavy atom. The van der Waals surface area contributed by atoms with Crippen LogP contribution in [0.15, 0.2) is 88.5 Å². The van der Waals surface area contributed by atoms with Crippen LogP contribution in [0, 0.1) is 64.1 Å². The number of allylic oxidation sites excluding steroid dienone is 12. The zero-order valence-corrected chi connectivity index (χ0v) is 34.6. The van der Waals surface area contributed by atoms with Gasteiger partial charge in [-0.3, -0.25) is 4.99 Å². The summed E-state index contributed by atoms with van der Waals surface area (Å²) in [5, 5.41) is 0. The van der Waals surface area contributed by atoms with Crippen LogP contribution in [0.5, 0.6) is 0 Å². The number of ether oxygens (including phenoxy) is 1. The molecule has 2 heteroatoms. The molecule has 0 amide bonds. The first-order valence-corrected chi connectivity index (χ1v) is 23.3. The highest BCUT2D eigenvalue weighted by atomic mass is 16.5. The summed E-state index contributed by atoms with van der Waals surface area (Å²) in [5.41, 5.74) is 7.41. The maximum absolute atomic E-state index is 7.26. The first kappa shape index (κ1) is 37.4. The van der Waals surface area contributed by atoms with E-state index in [0.717, 1.165) is 30.6 Å². The van der Waals surface area contributed by atoms with E-state index in [1.807, 2.05) is 5.57 Å². The van der Waals surface area contributed by atoms with Gasteiger partial charge in [-0.1, -0.05) is 124 Å². The third kappa shape index (κ3) is 6.83. The Labute approximate surface area is 329 Å². The number of nitrogens with zero attached hydrogens (tertiary/aromatic N) is 1. The van der Waals surface area contributed by atoms with Gasteiger partial charge in [-0.2, -0.15) is 0 Å². The second-order valence-corrected chi connectivity index (χ2v) is 20.6. The van der Waals surface area contributed by atoms with Crippen LogP contribution < -0.4 is 0 Å². The first-order valence-electron chi connectivity index (χ1n) is 23.3. The molecule has 12 unspecified atom stereocenters. The van der Waals surface area contributed by atoms with Crippen molar-refractivity contribution in [1.82, 2.24) is 0 Å². The lowest BCUT2D eigenvalue weighted by molar-refractivity contribution is -0.212. The average Bonchev–Trinajstić information content (AvgIpc) is 3.20. The molecule has 9 aliphatic rings. The van der Waals surface area contributed by atoms with E-state index in [1.165, 1.54) is 115 Å². The second-order valence-electron chi connectivity index (χ2n) is 20.6. The van der Waals surface area contributed by atoms with Gasteiger partial charge in [0.2, 0.25) is 0 Å². The molecule has 7 aliphatic carbocycles. The normalized spacial score (nSPS) is 44.7. The first-order chi connectivity index (χ1) is 26.3. The Hall–Kier alpha value is -2.19. The SMILES string of the molecule is CC1=C(C2CC=CC(C3(C)CCCCC3)C2)CC(C2CCC=C(C3(C4CC=CC(C)C4)C4CC=CCC4OC4C[C@H](C)CCC43)C2)N=C1C1C=CC=CC1. The molecule has 2 aliphatic heterocycles. The van der Waals surface area contributed by atoms with Gasteiger partial charge in [0, 0.05) is 17.0 Å². The van der Waals surface area contributed by atoms with Crippen LogP contribution in [0.3, 0.4) is 0 Å². The van der Waals surface area contributed by atoms with Crippen LogP contribution in [0.1, 0.15) is 150 Å². The number of aliphatic imine (C=N–C) groups is 1. The molecule has 0 spiro atoms. The zero-order valence-electron chi connectivity index (χ0n) is 34.6. The molecule has 2 saturated carbocycles. The van der Waals surface area contributed by atoms with E-state index in [0.29, 0.717) is 59.2 Å². The van der Waals surface area contributed by atoms with E-state index in [2.05, 4.69) is 94.5 Å². The van der Waals surface area contributed by atoms with Crippen LogP contribution in [0.25, 0.3) is 0 Å². The van der Waals surface area contributed by atoms with Crippen molar-refractivity contribution in [3.8, 4) is 0 Å². The minimum Gasteiger partial charge on any atom is -0.374 e. The van der Waals surface area contributed by atoms with Crippen molar-refractivity contribution >= 4 is 5.71 Å². The van der Waals surface area contributed by atoms with E-state index < -0.39 is 0 Å². The summed E-state index contributed by atoms with van der Waals surface area (Å²) < 4.78 is 7.26. The Morgan fingerprint density at radius 1 is 0.741 bits per heavy atom. The van der Waals surface area contributed by atoms with Gasteiger partial charge in [0.25, 0.3) is 0 Å². The molecule has 292 valence electrons. The summed E-state index contributed by atoms with van der Waals surface area (Å²) in [7, 11) is 0. The monoisotopic (exact) mass is 728 g/mol. The third-order valence-corrected chi connectivity index (χ3v) is 17.4. The number of hydrogen-bond acceptors (Lipinski definition) is 2. The van der Waals surface area contributed by atoms with Crippen molar-refractivity contribution in [1.29, 1.82) is 0 Å². The molecule has 0 bridgehead atoms. The standard InChI is InChI=1S/C52H73NO/c1-35-16-13-22-42(30-35)52(45-24-9-10-25-48(45)54-49-31-36(2)26-27-46(49)52)43-23-15-20-40(33-43)47-34-44(37(3)50(53-47)38-17-7-5-8-18-38)39-19-14-21-41(32-39)51(4)28-11-6-12-29-51/h5,7-10,13-14,16-17,21,23,35-36,38-42,45-49H,6,11-12,15,18-20,22,24-34H2,1-4H3/t35?,36-,38?,39?,40?,41?,42?,45?,46?,47?,48?,49?,52?/m1/s1. The fourth-order valence-corrected chi connectivity index (χ4v) is 14.6. The van der Waals surface area contributed by atoms with Gasteiger partial charge in [-0.15, -0.1) is 0 Å². The largest absolute Gasteiger partial charge is 0.374 e. The molecule has 2 nitrogen and oxygen atoms in total. The summed E-state index contributed by atoms with van der Waals surface area (Å²) in [6.45, 7) is 10.1. The maximum Gasteiger partial charge on any atom is 0.0653 e. The summed E-state index contributed by atoms with van der Waals surface area (Å²) in [5.74, 6) is 5.89. The minimum atomic E-state index is 0.250. The smallest absolute Gasteiger partial charge is 0.0653 e. The van der Waals surface area contributed by atoms with Crippen LogP contribution in [-0.2, 0) is 4.74 Å². The predicted octanol–water partition coefficient (Wildman–Crippen LogP) is 13.7. The molecule has 13 atom stereocenters. The van der Waals surface area contributed by atoms with Crippen molar-refractivity contribution < 1.29 is 4.74 Å². The van der Waals surface area contributed by atoms with E-state index >= 15 is 0 Å². The van der Waals surface area contributed by atoms with Gasteiger partial charge < -0.3 is 4.74 Å². The summed E-state index contributed by atoms with van der Waals surface area (Å²) >= 11 is 0. The molecule has 0 aromatic carbocycles. The quantitative estimate of drug-likeness (QED) is 0.250. The lowest BCUT2D eigenvalue weighted by Gasteiger charge is -2.63. The van der Waals surface area contributed by atoms with Gasteiger partial charge >= 0.3 is 0 Å². The number of rotatable bonds is 6. The topological polar surface area (TPSA) is 21.6 Å². The Balaban J connectivity index is 1.06. The highest BCUT2D eigenvalue weighted by Crippen LogP contribution is 2.65. The maximum atomic E-state index is 7.26. The van der Waals surface area contributed by atoms with Gasteiger partial charge in [0.15, 0.2) is 0 Å². The Morgan fingerprint density at radius 2 is 1.59 bits per heavy atom. The van der Waals surface area contributed by atoms with Crippen molar-refractivity contribution in [2.24, 2.45) is 69.1 Å². The molecule has 0 aromatic rings. The molecule has 0 radical (unpaired) electrons. The number of fused-ring (bicyclic) bond motifs is 2. The fourth-order valence-electron chi connectivity index (χ4n) is 14.6. The molecule has 54 heavy (non-hydrogen) atoms. The fraction of sp³-hybridized carbons (Fsp3) is 0.712. The van der Waals surface area contributed by atoms with E-state index in [-0.39, 0.29) is 5.41 Å². The third-order valence-electron chi connectivity index (χ3n) is 17.4.